The number of aromatic nitrogens is 2. The Morgan fingerprint density at radius 3 is 2.80 bits per heavy atom. The number of anilines is 1. The smallest absolute Gasteiger partial charge is 0.287 e. The maximum Gasteiger partial charge on any atom is 0.287 e. The lowest BCUT2D eigenvalue weighted by Gasteiger charge is -2.06. The molecular formula is C13H16N4O2S. The maximum absolute atomic E-state index is 10.6. The molecule has 2 rings (SSSR count). The van der Waals surface area contributed by atoms with Gasteiger partial charge in [0.1, 0.15) is 12.0 Å². The summed E-state index contributed by atoms with van der Waals surface area (Å²) in [4.78, 5) is 19.9. The molecular weight excluding hydrogens is 276 g/mol. The lowest BCUT2D eigenvalue weighted by atomic mass is 10.2. The zero-order valence-corrected chi connectivity index (χ0v) is 12.2. The SMILES string of the molecule is CCc1cnc(CCNc2ncc([N+](=O)[O-])cc2C)s1. The van der Waals surface area contributed by atoms with Gasteiger partial charge in [-0.3, -0.25) is 10.1 Å². The van der Waals surface area contributed by atoms with Crippen LogP contribution in [0.1, 0.15) is 22.4 Å². The molecule has 0 bridgehead atoms. The zero-order valence-electron chi connectivity index (χ0n) is 11.4. The van der Waals surface area contributed by atoms with Crippen LogP contribution in [0.4, 0.5) is 11.5 Å². The normalized spacial score (nSPS) is 10.5. The number of rotatable bonds is 6. The second-order valence-electron chi connectivity index (χ2n) is 4.37. The first-order valence-electron chi connectivity index (χ1n) is 6.38. The van der Waals surface area contributed by atoms with E-state index in [4.69, 9.17) is 0 Å². The standard InChI is InChI=1S/C13H16N4O2S/c1-3-11-8-15-12(20-11)4-5-14-13-9(2)6-10(7-16-13)17(18)19/h6-8H,3-5H2,1-2H3,(H,14,16). The lowest BCUT2D eigenvalue weighted by Crippen LogP contribution is -2.07. The van der Waals surface area contributed by atoms with Crippen molar-refractivity contribution in [3.8, 4) is 0 Å². The van der Waals surface area contributed by atoms with Crippen LogP contribution in [0.5, 0.6) is 0 Å². The average molecular weight is 292 g/mol. The van der Waals surface area contributed by atoms with Crippen molar-refractivity contribution in [3.63, 3.8) is 0 Å². The number of aryl methyl sites for hydroxylation is 2. The Bertz CT molecular complexity index is 612. The molecule has 0 unspecified atom stereocenters. The van der Waals surface area contributed by atoms with Crippen molar-refractivity contribution in [2.75, 3.05) is 11.9 Å². The van der Waals surface area contributed by atoms with Gasteiger partial charge in [-0.05, 0) is 18.9 Å². The first kappa shape index (κ1) is 14.4. The van der Waals surface area contributed by atoms with Gasteiger partial charge < -0.3 is 5.32 Å². The number of thiazole rings is 1. The summed E-state index contributed by atoms with van der Waals surface area (Å²) in [6, 6.07) is 1.52. The molecule has 0 atom stereocenters. The number of hydrogen-bond acceptors (Lipinski definition) is 6. The van der Waals surface area contributed by atoms with E-state index in [1.807, 2.05) is 6.20 Å². The molecule has 106 valence electrons. The van der Waals surface area contributed by atoms with E-state index >= 15 is 0 Å². The maximum atomic E-state index is 10.6. The highest BCUT2D eigenvalue weighted by atomic mass is 32.1. The van der Waals surface area contributed by atoms with Crippen molar-refractivity contribution in [2.24, 2.45) is 0 Å². The minimum absolute atomic E-state index is 0.0144. The van der Waals surface area contributed by atoms with E-state index in [2.05, 4.69) is 22.2 Å². The summed E-state index contributed by atoms with van der Waals surface area (Å²) in [5, 5.41) is 14.9. The van der Waals surface area contributed by atoms with Crippen LogP contribution in [0.2, 0.25) is 0 Å². The fourth-order valence-corrected chi connectivity index (χ4v) is 2.62. The Labute approximate surface area is 121 Å². The van der Waals surface area contributed by atoms with Crippen LogP contribution in [0.25, 0.3) is 0 Å². The van der Waals surface area contributed by atoms with Crippen molar-refractivity contribution in [1.82, 2.24) is 9.97 Å². The van der Waals surface area contributed by atoms with Crippen molar-refractivity contribution in [2.45, 2.75) is 26.7 Å². The Morgan fingerprint density at radius 2 is 2.20 bits per heavy atom. The molecule has 1 N–H and O–H groups in total. The average Bonchev–Trinajstić information content (AvgIpc) is 2.88. The van der Waals surface area contributed by atoms with Gasteiger partial charge in [0.05, 0.1) is 9.93 Å². The molecule has 2 aromatic rings. The first-order valence-corrected chi connectivity index (χ1v) is 7.20. The highest BCUT2D eigenvalue weighted by Crippen LogP contribution is 2.18. The fraction of sp³-hybridized carbons (Fsp3) is 0.385. The Kier molecular flexibility index (Phi) is 4.62. The van der Waals surface area contributed by atoms with E-state index in [1.54, 1.807) is 18.3 Å². The van der Waals surface area contributed by atoms with E-state index in [-0.39, 0.29) is 5.69 Å². The molecule has 0 saturated heterocycles. The topological polar surface area (TPSA) is 81.0 Å². The van der Waals surface area contributed by atoms with Crippen LogP contribution in [0.3, 0.4) is 0 Å². The minimum Gasteiger partial charge on any atom is -0.369 e. The van der Waals surface area contributed by atoms with Crippen LogP contribution in [-0.4, -0.2) is 21.4 Å². The van der Waals surface area contributed by atoms with E-state index < -0.39 is 4.92 Å². The number of nitrogens with one attached hydrogen (secondary N) is 1. The van der Waals surface area contributed by atoms with Gasteiger partial charge in [0.15, 0.2) is 0 Å². The van der Waals surface area contributed by atoms with Crippen molar-refractivity contribution >= 4 is 22.8 Å². The summed E-state index contributed by atoms with van der Waals surface area (Å²) in [5.74, 6) is 0.683. The molecule has 6 nitrogen and oxygen atoms in total. The Balaban J connectivity index is 1.92. The van der Waals surface area contributed by atoms with E-state index in [0.717, 1.165) is 23.4 Å². The molecule has 0 aliphatic rings. The van der Waals surface area contributed by atoms with Crippen LogP contribution >= 0.6 is 11.3 Å². The molecule has 7 heteroatoms. The third kappa shape index (κ3) is 3.51. The Hall–Kier alpha value is -2.02. The molecule has 20 heavy (non-hydrogen) atoms. The van der Waals surface area contributed by atoms with Crippen LogP contribution in [0, 0.1) is 17.0 Å². The largest absolute Gasteiger partial charge is 0.369 e. The summed E-state index contributed by atoms with van der Waals surface area (Å²) in [7, 11) is 0. The highest BCUT2D eigenvalue weighted by molar-refractivity contribution is 7.11. The van der Waals surface area contributed by atoms with E-state index in [1.165, 1.54) is 17.1 Å². The fourth-order valence-electron chi connectivity index (χ4n) is 1.76. The molecule has 2 aromatic heterocycles. The second kappa shape index (κ2) is 6.42. The Morgan fingerprint density at radius 1 is 1.40 bits per heavy atom. The van der Waals surface area contributed by atoms with Gasteiger partial charge in [-0.1, -0.05) is 6.92 Å². The summed E-state index contributed by atoms with van der Waals surface area (Å²) in [5.41, 5.74) is 0.785. The molecule has 0 aliphatic carbocycles. The lowest BCUT2D eigenvalue weighted by molar-refractivity contribution is -0.385. The van der Waals surface area contributed by atoms with Crippen LogP contribution < -0.4 is 5.32 Å². The van der Waals surface area contributed by atoms with Crippen LogP contribution in [0.15, 0.2) is 18.5 Å². The minimum atomic E-state index is -0.439. The quantitative estimate of drug-likeness (QED) is 0.654. The molecule has 0 amide bonds. The number of nitro groups is 1. The molecule has 0 radical (unpaired) electrons. The summed E-state index contributed by atoms with van der Waals surface area (Å²) in [6.07, 6.45) is 5.01. The van der Waals surface area contributed by atoms with Gasteiger partial charge >= 0.3 is 0 Å². The van der Waals surface area contributed by atoms with Crippen molar-refractivity contribution in [3.05, 3.63) is 44.0 Å². The predicted molar refractivity (Wildman–Crippen MR) is 79.3 cm³/mol. The molecule has 0 saturated carbocycles. The van der Waals surface area contributed by atoms with Gasteiger partial charge in [-0.25, -0.2) is 9.97 Å². The highest BCUT2D eigenvalue weighted by Gasteiger charge is 2.09. The number of hydrogen-bond donors (Lipinski definition) is 1. The molecule has 0 fully saturated rings. The molecule has 0 spiro atoms. The third-order valence-electron chi connectivity index (χ3n) is 2.86. The van der Waals surface area contributed by atoms with Gasteiger partial charge in [0.25, 0.3) is 5.69 Å². The summed E-state index contributed by atoms with van der Waals surface area (Å²) >= 11 is 1.72. The van der Waals surface area contributed by atoms with Gasteiger partial charge in [-0.2, -0.15) is 0 Å². The predicted octanol–water partition coefficient (Wildman–Crippen LogP) is 2.97. The molecule has 0 aromatic carbocycles. The first-order chi connectivity index (χ1) is 9.60. The summed E-state index contributed by atoms with van der Waals surface area (Å²) in [6.45, 7) is 4.63. The van der Waals surface area contributed by atoms with E-state index in [0.29, 0.717) is 12.4 Å². The number of pyridine rings is 1. The van der Waals surface area contributed by atoms with Gasteiger partial charge in [0, 0.05) is 30.1 Å². The van der Waals surface area contributed by atoms with Gasteiger partial charge in [0.2, 0.25) is 0 Å². The second-order valence-corrected chi connectivity index (χ2v) is 5.57. The molecule has 2 heterocycles. The zero-order chi connectivity index (χ0) is 14.5. The third-order valence-corrected chi connectivity index (χ3v) is 4.06. The van der Waals surface area contributed by atoms with E-state index in [9.17, 15) is 10.1 Å². The monoisotopic (exact) mass is 292 g/mol. The van der Waals surface area contributed by atoms with Crippen molar-refractivity contribution in [1.29, 1.82) is 0 Å². The molecule has 0 aliphatic heterocycles. The van der Waals surface area contributed by atoms with Crippen molar-refractivity contribution < 1.29 is 4.92 Å². The van der Waals surface area contributed by atoms with Crippen LogP contribution in [-0.2, 0) is 12.8 Å². The number of nitrogens with zero attached hydrogens (tertiary/aromatic N) is 3. The summed E-state index contributed by atoms with van der Waals surface area (Å²) < 4.78 is 0. The van der Waals surface area contributed by atoms with Gasteiger partial charge in [-0.15, -0.1) is 11.3 Å².